The Bertz CT molecular complexity index is 453. The maximum atomic E-state index is 11.7. The van der Waals surface area contributed by atoms with E-state index in [4.69, 9.17) is 12.2 Å². The van der Waals surface area contributed by atoms with E-state index in [0.717, 1.165) is 11.3 Å². The number of amides is 1. The Balaban J connectivity index is 2.10. The molecular formula is C12H11NOS2. The molecule has 0 unspecified atom stereocenters. The van der Waals surface area contributed by atoms with Gasteiger partial charge in [0.05, 0.1) is 4.91 Å². The second-order valence-electron chi connectivity index (χ2n) is 3.49. The highest BCUT2D eigenvalue weighted by Crippen LogP contribution is 2.29. The number of thioether (sulfide) groups is 1. The van der Waals surface area contributed by atoms with E-state index in [9.17, 15) is 4.79 Å². The van der Waals surface area contributed by atoms with Gasteiger partial charge in [0.25, 0.3) is 5.91 Å². The van der Waals surface area contributed by atoms with E-state index in [1.165, 1.54) is 22.2 Å². The lowest BCUT2D eigenvalue weighted by atomic mass is 10.1. The summed E-state index contributed by atoms with van der Waals surface area (Å²) < 4.78 is 0.629. The summed E-state index contributed by atoms with van der Waals surface area (Å²) in [5, 5.41) is 0. The van der Waals surface area contributed by atoms with Crippen LogP contribution in [0, 0.1) is 0 Å². The van der Waals surface area contributed by atoms with Crippen molar-refractivity contribution < 1.29 is 4.79 Å². The Labute approximate surface area is 104 Å². The fraction of sp³-hybridized carbons (Fsp3) is 0.167. The van der Waals surface area contributed by atoms with Crippen LogP contribution in [0.25, 0.3) is 0 Å². The number of carbonyl (C=O) groups is 1. The summed E-state index contributed by atoms with van der Waals surface area (Å²) in [7, 11) is 1.71. The molecule has 0 aliphatic carbocycles. The number of thiocarbonyl (C=S) groups is 1. The molecule has 1 fully saturated rings. The van der Waals surface area contributed by atoms with Crippen molar-refractivity contribution >= 4 is 34.2 Å². The molecule has 1 aliphatic heterocycles. The first-order valence-electron chi connectivity index (χ1n) is 4.92. The molecule has 16 heavy (non-hydrogen) atoms. The van der Waals surface area contributed by atoms with Gasteiger partial charge in [0.15, 0.2) is 0 Å². The first-order chi connectivity index (χ1) is 7.68. The van der Waals surface area contributed by atoms with Crippen LogP contribution in [-0.2, 0) is 11.2 Å². The maximum Gasteiger partial charge on any atom is 0.265 e. The third-order valence-corrected chi connectivity index (χ3v) is 3.89. The molecule has 1 aliphatic rings. The Kier molecular flexibility index (Phi) is 3.41. The molecule has 0 radical (unpaired) electrons. The van der Waals surface area contributed by atoms with Gasteiger partial charge < -0.3 is 0 Å². The molecule has 0 N–H and O–H groups in total. The Morgan fingerprint density at radius 2 is 2.06 bits per heavy atom. The average molecular weight is 249 g/mol. The van der Waals surface area contributed by atoms with Gasteiger partial charge in [0, 0.05) is 7.05 Å². The molecule has 2 nitrogen and oxygen atoms in total. The van der Waals surface area contributed by atoms with Gasteiger partial charge in [-0.15, -0.1) is 0 Å². The van der Waals surface area contributed by atoms with Crippen molar-refractivity contribution in [1.82, 2.24) is 4.90 Å². The van der Waals surface area contributed by atoms with Crippen LogP contribution in [0.15, 0.2) is 41.3 Å². The fourth-order valence-corrected chi connectivity index (χ4v) is 2.56. The first kappa shape index (κ1) is 11.4. The Hall–Kier alpha value is -1.13. The average Bonchev–Trinajstić information content (AvgIpc) is 2.56. The molecule has 0 spiro atoms. The van der Waals surface area contributed by atoms with Gasteiger partial charge in [0.2, 0.25) is 0 Å². The zero-order valence-electron chi connectivity index (χ0n) is 8.84. The fourth-order valence-electron chi connectivity index (χ4n) is 1.41. The van der Waals surface area contributed by atoms with Crippen LogP contribution < -0.4 is 0 Å². The topological polar surface area (TPSA) is 20.3 Å². The summed E-state index contributed by atoms with van der Waals surface area (Å²) in [4.78, 5) is 13.9. The molecule has 0 bridgehead atoms. The third kappa shape index (κ3) is 2.33. The van der Waals surface area contributed by atoms with E-state index in [1.54, 1.807) is 7.05 Å². The summed E-state index contributed by atoms with van der Waals surface area (Å²) in [6.45, 7) is 0. The smallest absolute Gasteiger partial charge is 0.265 e. The van der Waals surface area contributed by atoms with Gasteiger partial charge in [0.1, 0.15) is 4.32 Å². The second kappa shape index (κ2) is 4.80. The van der Waals surface area contributed by atoms with Gasteiger partial charge in [-0.05, 0) is 12.0 Å². The molecule has 1 heterocycles. The van der Waals surface area contributed by atoms with Crippen molar-refractivity contribution in [3.05, 3.63) is 46.9 Å². The summed E-state index contributed by atoms with van der Waals surface area (Å²) in [5.41, 5.74) is 1.20. The van der Waals surface area contributed by atoms with Gasteiger partial charge in [-0.1, -0.05) is 60.4 Å². The number of hydrogen-bond acceptors (Lipinski definition) is 3. The van der Waals surface area contributed by atoms with E-state index >= 15 is 0 Å². The molecule has 4 heteroatoms. The van der Waals surface area contributed by atoms with Crippen LogP contribution in [0.2, 0.25) is 0 Å². The van der Waals surface area contributed by atoms with E-state index < -0.39 is 0 Å². The summed E-state index contributed by atoms with van der Waals surface area (Å²) in [6, 6.07) is 10.1. The minimum Gasteiger partial charge on any atom is -0.296 e. The van der Waals surface area contributed by atoms with Crippen LogP contribution in [0.3, 0.4) is 0 Å². The number of likely N-dealkylation sites (N-methyl/N-ethyl adjacent to an activating group) is 1. The summed E-state index contributed by atoms with van der Waals surface area (Å²) in [6.07, 6.45) is 2.71. The second-order valence-corrected chi connectivity index (χ2v) is 5.17. The lowest BCUT2D eigenvalue weighted by Gasteiger charge is -2.03. The Morgan fingerprint density at radius 1 is 1.38 bits per heavy atom. The van der Waals surface area contributed by atoms with Crippen LogP contribution in [0.4, 0.5) is 0 Å². The monoisotopic (exact) mass is 249 g/mol. The van der Waals surface area contributed by atoms with Crippen LogP contribution in [0.1, 0.15) is 5.56 Å². The van der Waals surface area contributed by atoms with Gasteiger partial charge in [-0.25, -0.2) is 0 Å². The minimum atomic E-state index is 0.00549. The molecule has 0 aromatic heterocycles. The zero-order valence-corrected chi connectivity index (χ0v) is 10.5. The summed E-state index contributed by atoms with van der Waals surface area (Å²) in [5.74, 6) is 0.00549. The van der Waals surface area contributed by atoms with Crippen molar-refractivity contribution in [3.63, 3.8) is 0 Å². The van der Waals surface area contributed by atoms with Gasteiger partial charge in [-0.2, -0.15) is 0 Å². The van der Waals surface area contributed by atoms with E-state index in [-0.39, 0.29) is 5.91 Å². The van der Waals surface area contributed by atoms with Crippen molar-refractivity contribution in [2.75, 3.05) is 7.05 Å². The zero-order chi connectivity index (χ0) is 11.5. The quantitative estimate of drug-likeness (QED) is 0.593. The van der Waals surface area contributed by atoms with Crippen LogP contribution in [-0.4, -0.2) is 22.2 Å². The number of carbonyl (C=O) groups excluding carboxylic acids is 1. The molecule has 0 atom stereocenters. The predicted molar refractivity (Wildman–Crippen MR) is 71.2 cm³/mol. The molecule has 0 saturated carbocycles. The first-order valence-corrected chi connectivity index (χ1v) is 6.15. The summed E-state index contributed by atoms with van der Waals surface area (Å²) >= 11 is 6.42. The van der Waals surface area contributed by atoms with Crippen molar-refractivity contribution in [2.24, 2.45) is 0 Å². The highest BCUT2D eigenvalue weighted by atomic mass is 32.2. The Morgan fingerprint density at radius 3 is 2.62 bits per heavy atom. The number of allylic oxidation sites excluding steroid dienone is 1. The predicted octanol–water partition coefficient (Wildman–Crippen LogP) is 2.60. The minimum absolute atomic E-state index is 0.00549. The van der Waals surface area contributed by atoms with Crippen LogP contribution in [0.5, 0.6) is 0 Å². The number of rotatable bonds is 2. The van der Waals surface area contributed by atoms with Gasteiger partial charge in [-0.3, -0.25) is 9.69 Å². The number of nitrogens with zero attached hydrogens (tertiary/aromatic N) is 1. The van der Waals surface area contributed by atoms with Crippen LogP contribution >= 0.6 is 24.0 Å². The number of benzene rings is 1. The molecule has 1 aromatic rings. The van der Waals surface area contributed by atoms with Crippen molar-refractivity contribution in [2.45, 2.75) is 6.42 Å². The normalized spacial score (nSPS) is 18.6. The molecule has 1 amide bonds. The van der Waals surface area contributed by atoms with E-state index in [0.29, 0.717) is 4.32 Å². The van der Waals surface area contributed by atoms with E-state index in [2.05, 4.69) is 0 Å². The molecule has 82 valence electrons. The van der Waals surface area contributed by atoms with Crippen molar-refractivity contribution in [1.29, 1.82) is 0 Å². The SMILES string of the molecule is CN1C(=O)/C(=C/Cc2ccccc2)SC1=S. The third-order valence-electron chi connectivity index (χ3n) is 2.35. The lowest BCUT2D eigenvalue weighted by Crippen LogP contribution is -2.22. The highest BCUT2D eigenvalue weighted by molar-refractivity contribution is 8.26. The number of hydrogen-bond donors (Lipinski definition) is 0. The van der Waals surface area contributed by atoms with Crippen molar-refractivity contribution in [3.8, 4) is 0 Å². The molecular weight excluding hydrogens is 238 g/mol. The highest BCUT2D eigenvalue weighted by Gasteiger charge is 2.28. The maximum absolute atomic E-state index is 11.7. The van der Waals surface area contributed by atoms with E-state index in [1.807, 2.05) is 36.4 Å². The van der Waals surface area contributed by atoms with Gasteiger partial charge >= 0.3 is 0 Å². The molecule has 1 saturated heterocycles. The lowest BCUT2D eigenvalue weighted by molar-refractivity contribution is -0.121. The standard InChI is InChI=1S/C12H11NOS2/c1-13-11(14)10(16-12(13)15)8-7-9-5-3-2-4-6-9/h2-6,8H,7H2,1H3/b10-8-. The molecule has 2 rings (SSSR count). The largest absolute Gasteiger partial charge is 0.296 e. The molecule has 1 aromatic carbocycles.